The van der Waals surface area contributed by atoms with Crippen molar-refractivity contribution in [2.45, 2.75) is 38.5 Å². The lowest BCUT2D eigenvalue weighted by Gasteiger charge is -2.36. The molecule has 0 unspecified atom stereocenters. The standard InChI is InChI=1S/C19H23N5O/c1-12-5-7-23(17(25)8-13-2-3-13)11-15(12)19-22-10-14-9-21-18-16(24(14)19)4-6-20-18/h4,6,9-10,12-13,15,20H,2-3,5,7-8,11H2,1H3/t12-,15+/m0/s1. The largest absolute Gasteiger partial charge is 0.345 e. The van der Waals surface area contributed by atoms with Crippen LogP contribution in [0.4, 0.5) is 0 Å². The van der Waals surface area contributed by atoms with Crippen LogP contribution in [0.15, 0.2) is 24.7 Å². The molecule has 3 aromatic heterocycles. The topological polar surface area (TPSA) is 66.3 Å². The molecule has 1 saturated carbocycles. The van der Waals surface area contributed by atoms with Crippen LogP contribution in [0.3, 0.4) is 0 Å². The van der Waals surface area contributed by atoms with Crippen LogP contribution in [0.1, 0.15) is 44.3 Å². The second-order valence-corrected chi connectivity index (χ2v) is 7.71. The summed E-state index contributed by atoms with van der Waals surface area (Å²) < 4.78 is 2.20. The normalized spacial score (nSPS) is 24.3. The maximum Gasteiger partial charge on any atom is 0.222 e. The molecule has 1 N–H and O–H groups in total. The van der Waals surface area contributed by atoms with E-state index in [1.54, 1.807) is 0 Å². The first-order valence-electron chi connectivity index (χ1n) is 9.28. The number of carbonyl (C=O) groups is 1. The van der Waals surface area contributed by atoms with Gasteiger partial charge in [0, 0.05) is 31.6 Å². The van der Waals surface area contributed by atoms with Crippen LogP contribution in [0.2, 0.25) is 0 Å². The van der Waals surface area contributed by atoms with Gasteiger partial charge in [-0.25, -0.2) is 9.97 Å². The number of carbonyl (C=O) groups excluding carboxylic acids is 1. The van der Waals surface area contributed by atoms with Crippen LogP contribution < -0.4 is 0 Å². The van der Waals surface area contributed by atoms with Crippen LogP contribution in [0.25, 0.3) is 16.7 Å². The summed E-state index contributed by atoms with van der Waals surface area (Å²) in [6.45, 7) is 3.94. The number of nitrogens with one attached hydrogen (secondary N) is 1. The van der Waals surface area contributed by atoms with E-state index >= 15 is 0 Å². The lowest BCUT2D eigenvalue weighted by atomic mass is 9.86. The highest BCUT2D eigenvalue weighted by molar-refractivity contribution is 5.77. The Bertz CT molecular complexity index is 938. The van der Waals surface area contributed by atoms with E-state index in [1.165, 1.54) is 12.8 Å². The van der Waals surface area contributed by atoms with Crippen molar-refractivity contribution in [3.63, 3.8) is 0 Å². The van der Waals surface area contributed by atoms with Crippen LogP contribution in [0, 0.1) is 11.8 Å². The van der Waals surface area contributed by atoms with Crippen molar-refractivity contribution in [1.29, 1.82) is 0 Å². The molecule has 4 heterocycles. The van der Waals surface area contributed by atoms with Crippen LogP contribution in [-0.2, 0) is 4.79 Å². The van der Waals surface area contributed by atoms with E-state index in [0.717, 1.165) is 48.4 Å². The van der Waals surface area contributed by atoms with Gasteiger partial charge >= 0.3 is 0 Å². The summed E-state index contributed by atoms with van der Waals surface area (Å²) in [5, 5.41) is 0. The summed E-state index contributed by atoms with van der Waals surface area (Å²) in [4.78, 5) is 27.0. The molecule has 0 spiro atoms. The van der Waals surface area contributed by atoms with E-state index in [1.807, 2.05) is 24.7 Å². The van der Waals surface area contributed by atoms with E-state index in [9.17, 15) is 4.79 Å². The molecule has 0 radical (unpaired) electrons. The van der Waals surface area contributed by atoms with Crippen molar-refractivity contribution >= 4 is 22.6 Å². The van der Waals surface area contributed by atoms with Crippen LogP contribution in [-0.4, -0.2) is 43.2 Å². The Morgan fingerprint density at radius 3 is 2.96 bits per heavy atom. The average Bonchev–Trinajstić information content (AvgIpc) is 3.13. The molecule has 6 heteroatoms. The molecule has 5 rings (SSSR count). The van der Waals surface area contributed by atoms with E-state index in [2.05, 4.69) is 26.2 Å². The highest BCUT2D eigenvalue weighted by Gasteiger charge is 2.34. The molecule has 2 fully saturated rings. The third-order valence-electron chi connectivity index (χ3n) is 5.89. The molecule has 1 aliphatic heterocycles. The number of imidazole rings is 1. The number of hydrogen-bond acceptors (Lipinski definition) is 3. The lowest BCUT2D eigenvalue weighted by Crippen LogP contribution is -2.42. The van der Waals surface area contributed by atoms with E-state index in [-0.39, 0.29) is 5.92 Å². The van der Waals surface area contributed by atoms with E-state index in [4.69, 9.17) is 4.98 Å². The fourth-order valence-electron chi connectivity index (χ4n) is 4.09. The molecular formula is C19H23N5O. The molecule has 0 bridgehead atoms. The van der Waals surface area contributed by atoms with E-state index in [0.29, 0.717) is 17.7 Å². The number of rotatable bonds is 3. The number of piperidine rings is 1. The predicted molar refractivity (Wildman–Crippen MR) is 95.3 cm³/mol. The van der Waals surface area contributed by atoms with Gasteiger partial charge in [-0.05, 0) is 37.2 Å². The van der Waals surface area contributed by atoms with Gasteiger partial charge in [0.1, 0.15) is 5.82 Å². The van der Waals surface area contributed by atoms with E-state index < -0.39 is 0 Å². The first kappa shape index (κ1) is 14.9. The van der Waals surface area contributed by atoms with Gasteiger partial charge in [0.15, 0.2) is 5.65 Å². The molecule has 1 amide bonds. The van der Waals surface area contributed by atoms with Gasteiger partial charge in [-0.1, -0.05) is 6.92 Å². The predicted octanol–water partition coefficient (Wildman–Crippen LogP) is 2.96. The third kappa shape index (κ3) is 2.51. The first-order valence-corrected chi connectivity index (χ1v) is 9.28. The van der Waals surface area contributed by atoms with Gasteiger partial charge < -0.3 is 9.88 Å². The fraction of sp³-hybridized carbons (Fsp3) is 0.526. The smallest absolute Gasteiger partial charge is 0.222 e. The summed E-state index contributed by atoms with van der Waals surface area (Å²) in [6.07, 6.45) is 9.89. The van der Waals surface area contributed by atoms with Gasteiger partial charge in [0.2, 0.25) is 5.91 Å². The monoisotopic (exact) mass is 337 g/mol. The van der Waals surface area contributed by atoms with Crippen molar-refractivity contribution in [3.05, 3.63) is 30.5 Å². The molecule has 1 saturated heterocycles. The minimum absolute atomic E-state index is 0.264. The molecule has 1 aliphatic carbocycles. The zero-order chi connectivity index (χ0) is 17.0. The molecule has 0 aromatic carbocycles. The van der Waals surface area contributed by atoms with Gasteiger partial charge in [-0.3, -0.25) is 9.20 Å². The van der Waals surface area contributed by atoms with Crippen molar-refractivity contribution in [3.8, 4) is 0 Å². The number of amides is 1. The Kier molecular flexibility index (Phi) is 3.33. The maximum absolute atomic E-state index is 12.6. The number of nitrogens with zero attached hydrogens (tertiary/aromatic N) is 4. The number of aromatic amines is 1. The van der Waals surface area contributed by atoms with Gasteiger partial charge in [0.05, 0.1) is 23.4 Å². The van der Waals surface area contributed by atoms with Gasteiger partial charge in [-0.2, -0.15) is 0 Å². The minimum atomic E-state index is 0.264. The third-order valence-corrected chi connectivity index (χ3v) is 5.89. The quantitative estimate of drug-likeness (QED) is 0.799. The average molecular weight is 337 g/mol. The number of H-pyrrole nitrogens is 1. The molecule has 6 nitrogen and oxygen atoms in total. The second-order valence-electron chi connectivity index (χ2n) is 7.71. The Morgan fingerprint density at radius 2 is 2.12 bits per heavy atom. The lowest BCUT2D eigenvalue weighted by molar-refractivity contribution is -0.133. The molecular weight excluding hydrogens is 314 g/mol. The Morgan fingerprint density at radius 1 is 1.28 bits per heavy atom. The minimum Gasteiger partial charge on any atom is -0.345 e. The van der Waals surface area contributed by atoms with Crippen molar-refractivity contribution in [2.75, 3.05) is 13.1 Å². The summed E-state index contributed by atoms with van der Waals surface area (Å²) in [5.41, 5.74) is 2.94. The number of fused-ring (bicyclic) bond motifs is 3. The van der Waals surface area contributed by atoms with Crippen molar-refractivity contribution < 1.29 is 4.79 Å². The fourth-order valence-corrected chi connectivity index (χ4v) is 4.09. The van der Waals surface area contributed by atoms with Crippen molar-refractivity contribution in [2.24, 2.45) is 11.8 Å². The summed E-state index contributed by atoms with van der Waals surface area (Å²) in [5.74, 6) is 2.80. The second kappa shape index (κ2) is 5.58. The maximum atomic E-state index is 12.6. The summed E-state index contributed by atoms with van der Waals surface area (Å²) in [7, 11) is 0. The Hall–Kier alpha value is -2.37. The Balaban J connectivity index is 1.51. The molecule has 2 aliphatic rings. The molecule has 25 heavy (non-hydrogen) atoms. The number of hydrogen-bond donors (Lipinski definition) is 1. The van der Waals surface area contributed by atoms with Gasteiger partial charge in [-0.15, -0.1) is 0 Å². The zero-order valence-corrected chi connectivity index (χ0v) is 14.5. The highest BCUT2D eigenvalue weighted by atomic mass is 16.2. The number of aromatic nitrogens is 4. The molecule has 130 valence electrons. The van der Waals surface area contributed by atoms with Crippen molar-refractivity contribution in [1.82, 2.24) is 24.3 Å². The molecule has 2 atom stereocenters. The highest BCUT2D eigenvalue weighted by Crippen LogP contribution is 2.36. The first-order chi connectivity index (χ1) is 12.2. The van der Waals surface area contributed by atoms with Gasteiger partial charge in [0.25, 0.3) is 0 Å². The Labute approximate surface area is 146 Å². The SMILES string of the molecule is C[C@H]1CCN(C(=O)CC2CC2)C[C@H]1c1ncc2cnc3[nH]ccc3n12. The zero-order valence-electron chi connectivity index (χ0n) is 14.5. The summed E-state index contributed by atoms with van der Waals surface area (Å²) >= 11 is 0. The van der Waals surface area contributed by atoms with Crippen LogP contribution in [0.5, 0.6) is 0 Å². The number of likely N-dealkylation sites (tertiary alicyclic amines) is 1. The molecule has 3 aromatic rings. The summed E-state index contributed by atoms with van der Waals surface area (Å²) in [6, 6.07) is 2.05. The van der Waals surface area contributed by atoms with Crippen LogP contribution >= 0.6 is 0 Å².